The van der Waals surface area contributed by atoms with Crippen molar-refractivity contribution in [1.29, 1.82) is 0 Å². The number of hydrogen-bond donors (Lipinski definition) is 0. The molecule has 0 radical (unpaired) electrons. The maximum atomic E-state index is 8.49. The highest BCUT2D eigenvalue weighted by Crippen LogP contribution is 2.16. The molecule has 1 aliphatic rings. The minimum absolute atomic E-state index is 1.27. The SMILES string of the molecule is [O-][Cl+3]([O-])([O-])[O-].c1ccc(C2=[S+]CCS2)cc1. The molecule has 0 saturated carbocycles. The van der Waals surface area contributed by atoms with Crippen molar-refractivity contribution < 1.29 is 28.9 Å². The number of rotatable bonds is 1. The Hall–Kier alpha value is -0.210. The lowest BCUT2D eigenvalue weighted by molar-refractivity contribution is -2.00. The van der Waals surface area contributed by atoms with Crippen molar-refractivity contribution in [3.63, 3.8) is 0 Å². The monoisotopic (exact) mass is 280 g/mol. The normalized spacial score (nSPS) is 15.1. The van der Waals surface area contributed by atoms with Crippen LogP contribution in [0.3, 0.4) is 0 Å². The van der Waals surface area contributed by atoms with E-state index in [9.17, 15) is 0 Å². The molecule has 1 aliphatic heterocycles. The number of thioether (sulfide) groups is 1. The summed E-state index contributed by atoms with van der Waals surface area (Å²) in [6, 6.07) is 10.6. The Morgan fingerprint density at radius 3 is 2.06 bits per heavy atom. The van der Waals surface area contributed by atoms with Crippen LogP contribution in [0.1, 0.15) is 5.56 Å². The lowest BCUT2D eigenvalue weighted by atomic mass is 10.2. The topological polar surface area (TPSA) is 92.2 Å². The van der Waals surface area contributed by atoms with Crippen LogP contribution < -0.4 is 18.6 Å². The summed E-state index contributed by atoms with van der Waals surface area (Å²) in [5.41, 5.74) is 1.39. The lowest BCUT2D eigenvalue weighted by Crippen LogP contribution is -2.68. The molecule has 0 aliphatic carbocycles. The van der Waals surface area contributed by atoms with E-state index in [0.29, 0.717) is 0 Å². The molecule has 16 heavy (non-hydrogen) atoms. The van der Waals surface area contributed by atoms with Gasteiger partial charge in [-0.25, -0.2) is 18.6 Å². The van der Waals surface area contributed by atoms with Crippen molar-refractivity contribution in [2.24, 2.45) is 0 Å². The van der Waals surface area contributed by atoms with Gasteiger partial charge in [0.1, 0.15) is 0 Å². The molecule has 4 nitrogen and oxygen atoms in total. The Kier molecular flexibility index (Phi) is 5.63. The third-order valence-electron chi connectivity index (χ3n) is 1.56. The molecule has 1 aromatic carbocycles. The van der Waals surface area contributed by atoms with Crippen LogP contribution in [0, 0.1) is 10.2 Å². The summed E-state index contributed by atoms with van der Waals surface area (Å²) in [5.74, 6) is 2.55. The van der Waals surface area contributed by atoms with Gasteiger partial charge < -0.3 is 0 Å². The fourth-order valence-corrected chi connectivity index (χ4v) is 3.53. The van der Waals surface area contributed by atoms with Gasteiger partial charge in [0.25, 0.3) is 4.20 Å². The smallest absolute Gasteiger partial charge is 0.222 e. The van der Waals surface area contributed by atoms with E-state index >= 15 is 0 Å². The van der Waals surface area contributed by atoms with Gasteiger partial charge in [-0.1, -0.05) is 30.0 Å². The van der Waals surface area contributed by atoms with Gasteiger partial charge >= 0.3 is 0 Å². The minimum atomic E-state index is -4.94. The van der Waals surface area contributed by atoms with Gasteiger partial charge in [0.15, 0.2) is 17.1 Å². The Bertz CT molecular complexity index is 344. The van der Waals surface area contributed by atoms with Gasteiger partial charge in [0.2, 0.25) is 0 Å². The van der Waals surface area contributed by atoms with Crippen LogP contribution >= 0.6 is 11.8 Å². The molecule has 1 heterocycles. The fourth-order valence-electron chi connectivity index (χ4n) is 1.05. The summed E-state index contributed by atoms with van der Waals surface area (Å²) in [7, 11) is -4.94. The van der Waals surface area contributed by atoms with Crippen molar-refractivity contribution in [2.75, 3.05) is 11.5 Å². The number of hydrogen-bond acceptors (Lipinski definition) is 5. The van der Waals surface area contributed by atoms with Gasteiger partial charge in [0.05, 0.1) is 5.75 Å². The summed E-state index contributed by atoms with van der Waals surface area (Å²) in [6.45, 7) is 0. The maximum absolute atomic E-state index is 8.49. The van der Waals surface area contributed by atoms with Gasteiger partial charge in [-0.3, -0.25) is 0 Å². The van der Waals surface area contributed by atoms with Crippen molar-refractivity contribution in [3.8, 4) is 0 Å². The van der Waals surface area contributed by atoms with Gasteiger partial charge in [-0.2, -0.15) is 0 Å². The first kappa shape index (κ1) is 13.9. The van der Waals surface area contributed by atoms with Crippen LogP contribution in [0.5, 0.6) is 0 Å². The summed E-state index contributed by atoms with van der Waals surface area (Å²) in [4.78, 5) is 0. The van der Waals surface area contributed by atoms with Crippen molar-refractivity contribution in [3.05, 3.63) is 35.9 Å². The van der Waals surface area contributed by atoms with Crippen molar-refractivity contribution >= 4 is 27.3 Å². The Morgan fingerprint density at radius 2 is 1.62 bits per heavy atom. The molecule has 0 N–H and O–H groups in total. The molecule has 0 amide bonds. The molecule has 0 fully saturated rings. The van der Waals surface area contributed by atoms with Crippen LogP contribution in [0.25, 0.3) is 0 Å². The molecule has 0 aromatic heterocycles. The molecule has 0 bridgehead atoms. The van der Waals surface area contributed by atoms with Gasteiger partial charge in [0, 0.05) is 5.56 Å². The molecular formula is C9H9ClO4S2. The van der Waals surface area contributed by atoms with Crippen LogP contribution in [0.15, 0.2) is 30.3 Å². The molecule has 0 spiro atoms. The zero-order chi connectivity index (χ0) is 12.0. The number of benzene rings is 1. The molecule has 2 rings (SSSR count). The second kappa shape index (κ2) is 6.51. The Labute approximate surface area is 104 Å². The van der Waals surface area contributed by atoms with E-state index in [2.05, 4.69) is 30.3 Å². The second-order valence-electron chi connectivity index (χ2n) is 2.73. The lowest BCUT2D eigenvalue weighted by Gasteiger charge is -2.17. The first-order valence-corrected chi connectivity index (χ1v) is 7.47. The van der Waals surface area contributed by atoms with Crippen LogP contribution in [-0.4, -0.2) is 15.7 Å². The zero-order valence-corrected chi connectivity index (χ0v) is 10.5. The number of halogens is 1. The van der Waals surface area contributed by atoms with E-state index in [1.165, 1.54) is 21.3 Å². The summed E-state index contributed by atoms with van der Waals surface area (Å²) in [5, 5.41) is 0. The quantitative estimate of drug-likeness (QED) is 0.410. The second-order valence-corrected chi connectivity index (χ2v) is 5.95. The highest BCUT2D eigenvalue weighted by atomic mass is 35.7. The fraction of sp³-hybridized carbons (Fsp3) is 0.222. The highest BCUT2D eigenvalue weighted by Gasteiger charge is 2.20. The average Bonchev–Trinajstić information content (AvgIpc) is 2.69. The maximum Gasteiger partial charge on any atom is 0.265 e. The average molecular weight is 281 g/mol. The van der Waals surface area contributed by atoms with Gasteiger partial charge in [-0.05, 0) is 12.1 Å². The van der Waals surface area contributed by atoms with Crippen molar-refractivity contribution in [1.82, 2.24) is 0 Å². The first-order chi connectivity index (χ1) is 7.47. The standard InChI is InChI=1S/C9H9S2.ClHO4/c1-2-4-8(5-3-1)9-10-6-7-11-9;2-1(3,4)5/h1-5H,6-7H2;(H,2,3,4,5)/q+1;/p-1. The van der Waals surface area contributed by atoms with E-state index in [4.69, 9.17) is 18.6 Å². The summed E-state index contributed by atoms with van der Waals surface area (Å²) >= 11 is 3.95. The highest BCUT2D eigenvalue weighted by molar-refractivity contribution is 8.25. The molecule has 88 valence electrons. The molecule has 0 atom stereocenters. The van der Waals surface area contributed by atoms with E-state index in [0.717, 1.165) is 0 Å². The molecular weight excluding hydrogens is 272 g/mol. The van der Waals surface area contributed by atoms with Crippen LogP contribution in [-0.2, 0) is 11.4 Å². The molecule has 0 saturated heterocycles. The summed E-state index contributed by atoms with van der Waals surface area (Å²) < 4.78 is 35.5. The van der Waals surface area contributed by atoms with E-state index in [-0.39, 0.29) is 0 Å². The zero-order valence-electron chi connectivity index (χ0n) is 8.13. The van der Waals surface area contributed by atoms with Crippen LogP contribution in [0.4, 0.5) is 0 Å². The van der Waals surface area contributed by atoms with Gasteiger partial charge in [-0.15, -0.1) is 10.2 Å². The predicted octanol–water partition coefficient (Wildman–Crippen LogP) is -2.76. The van der Waals surface area contributed by atoms with E-state index in [1.807, 2.05) is 23.1 Å². The third-order valence-corrected chi connectivity index (χ3v) is 4.34. The largest absolute Gasteiger partial charge is 0.265 e. The minimum Gasteiger partial charge on any atom is -0.222 e. The third kappa shape index (κ3) is 6.39. The molecule has 0 unspecified atom stereocenters. The van der Waals surface area contributed by atoms with E-state index < -0.39 is 10.2 Å². The van der Waals surface area contributed by atoms with Crippen molar-refractivity contribution in [2.45, 2.75) is 0 Å². The van der Waals surface area contributed by atoms with E-state index in [1.54, 1.807) is 0 Å². The van der Waals surface area contributed by atoms with Crippen LogP contribution in [0.2, 0.25) is 0 Å². The molecule has 7 heteroatoms. The summed E-state index contributed by atoms with van der Waals surface area (Å²) in [6.07, 6.45) is 0. The predicted molar refractivity (Wildman–Crippen MR) is 55.2 cm³/mol. The Balaban J connectivity index is 0.000000221. The molecule has 1 aromatic rings. The Morgan fingerprint density at radius 1 is 1.06 bits per heavy atom. The first-order valence-electron chi connectivity index (χ1n) is 4.26.